The average Bonchev–Trinajstić information content (AvgIpc) is 2.98. The van der Waals surface area contributed by atoms with E-state index in [2.05, 4.69) is 12.2 Å². The molecule has 0 atom stereocenters. The summed E-state index contributed by atoms with van der Waals surface area (Å²) in [5.74, 6) is 1.63. The van der Waals surface area contributed by atoms with Gasteiger partial charge >= 0.3 is 0 Å². The van der Waals surface area contributed by atoms with Crippen molar-refractivity contribution in [2.45, 2.75) is 58.3 Å². The van der Waals surface area contributed by atoms with Gasteiger partial charge in [-0.1, -0.05) is 37.5 Å². The van der Waals surface area contributed by atoms with Gasteiger partial charge in [0, 0.05) is 0 Å². The van der Waals surface area contributed by atoms with Crippen LogP contribution in [0, 0.1) is 24.6 Å². The van der Waals surface area contributed by atoms with Crippen LogP contribution in [0.1, 0.15) is 56.1 Å². The Balaban J connectivity index is 1.58. The largest absolute Gasteiger partial charge is 0.490 e. The lowest BCUT2D eigenvalue weighted by Gasteiger charge is -2.21. The van der Waals surface area contributed by atoms with Gasteiger partial charge in [0.2, 0.25) is 0 Å². The molecule has 0 radical (unpaired) electrons. The Bertz CT molecular complexity index is 525. The molecule has 0 aliphatic heterocycles. The van der Waals surface area contributed by atoms with Crippen LogP contribution in [0.5, 0.6) is 5.75 Å². The molecule has 22 heavy (non-hydrogen) atoms. The number of hydrogen-bond donors (Lipinski definition) is 0. The highest BCUT2D eigenvalue weighted by Gasteiger charge is 2.17. The Labute approximate surface area is 133 Å². The molecule has 2 aliphatic carbocycles. The molecule has 0 N–H and O–H groups in total. The van der Waals surface area contributed by atoms with Gasteiger partial charge in [-0.05, 0) is 68.1 Å². The van der Waals surface area contributed by atoms with Crippen LogP contribution >= 0.6 is 0 Å². The van der Waals surface area contributed by atoms with E-state index >= 15 is 0 Å². The van der Waals surface area contributed by atoms with E-state index in [1.165, 1.54) is 44.9 Å². The third kappa shape index (κ3) is 3.71. The summed E-state index contributed by atoms with van der Waals surface area (Å²) < 4.78 is 20.2. The maximum absolute atomic E-state index is 14.5. The standard InChI is InChI=1S/C20H27FO/c1-15-18(11-5-10-16-8-4-9-16)12-13-19(20(15)21)22-14-17-6-2-3-7-17/h5,10,12-13,16-17H,2-4,6-9,11,14H2,1H3/b10-5+. The van der Waals surface area contributed by atoms with Gasteiger partial charge in [-0.15, -0.1) is 0 Å². The number of halogens is 1. The monoisotopic (exact) mass is 302 g/mol. The molecular formula is C20H27FO. The van der Waals surface area contributed by atoms with Crippen LogP contribution in [0.4, 0.5) is 4.39 Å². The Morgan fingerprint density at radius 2 is 1.91 bits per heavy atom. The second-order valence-electron chi connectivity index (χ2n) is 6.95. The predicted molar refractivity (Wildman–Crippen MR) is 88.8 cm³/mol. The van der Waals surface area contributed by atoms with E-state index in [0.29, 0.717) is 18.3 Å². The zero-order valence-electron chi connectivity index (χ0n) is 13.6. The minimum absolute atomic E-state index is 0.174. The van der Waals surface area contributed by atoms with Crippen LogP contribution in [0.3, 0.4) is 0 Å². The lowest BCUT2D eigenvalue weighted by molar-refractivity contribution is 0.241. The fourth-order valence-electron chi connectivity index (χ4n) is 3.44. The SMILES string of the molecule is Cc1c(C/C=C/C2CCC2)ccc(OCC2CCCC2)c1F. The smallest absolute Gasteiger partial charge is 0.168 e. The number of hydrogen-bond acceptors (Lipinski definition) is 1. The first-order chi connectivity index (χ1) is 10.7. The second kappa shape index (κ2) is 7.30. The molecule has 2 aliphatic rings. The van der Waals surface area contributed by atoms with Crippen molar-refractivity contribution in [3.05, 3.63) is 41.2 Å². The highest BCUT2D eigenvalue weighted by molar-refractivity contribution is 5.38. The molecule has 1 aromatic rings. The molecule has 0 unspecified atom stereocenters. The van der Waals surface area contributed by atoms with E-state index in [0.717, 1.165) is 23.5 Å². The Morgan fingerprint density at radius 1 is 1.14 bits per heavy atom. The van der Waals surface area contributed by atoms with Crippen molar-refractivity contribution in [1.82, 2.24) is 0 Å². The van der Waals surface area contributed by atoms with E-state index in [4.69, 9.17) is 4.74 Å². The Hall–Kier alpha value is -1.31. The molecule has 120 valence electrons. The number of benzene rings is 1. The van der Waals surface area contributed by atoms with Crippen molar-refractivity contribution in [3.8, 4) is 5.75 Å². The van der Waals surface area contributed by atoms with Crippen molar-refractivity contribution in [2.24, 2.45) is 11.8 Å². The molecule has 0 spiro atoms. The van der Waals surface area contributed by atoms with Gasteiger partial charge in [-0.2, -0.15) is 0 Å². The summed E-state index contributed by atoms with van der Waals surface area (Å²) in [5, 5.41) is 0. The lowest BCUT2D eigenvalue weighted by atomic mass is 9.85. The Morgan fingerprint density at radius 3 is 2.59 bits per heavy atom. The third-order valence-electron chi connectivity index (χ3n) is 5.31. The fraction of sp³-hybridized carbons (Fsp3) is 0.600. The predicted octanol–water partition coefficient (Wildman–Crippen LogP) is 5.60. The molecule has 0 heterocycles. The summed E-state index contributed by atoms with van der Waals surface area (Å²) in [6, 6.07) is 3.83. The molecule has 2 saturated carbocycles. The number of rotatable bonds is 6. The van der Waals surface area contributed by atoms with Gasteiger partial charge in [-0.25, -0.2) is 4.39 Å². The summed E-state index contributed by atoms with van der Waals surface area (Å²) in [4.78, 5) is 0. The van der Waals surface area contributed by atoms with Gasteiger partial charge in [0.05, 0.1) is 6.61 Å². The molecule has 3 rings (SSSR count). The van der Waals surface area contributed by atoms with Crippen molar-refractivity contribution < 1.29 is 9.13 Å². The maximum Gasteiger partial charge on any atom is 0.168 e. The average molecular weight is 302 g/mol. The lowest BCUT2D eigenvalue weighted by Crippen LogP contribution is -2.09. The van der Waals surface area contributed by atoms with Gasteiger partial charge < -0.3 is 4.74 Å². The molecule has 0 saturated heterocycles. The van der Waals surface area contributed by atoms with Crippen LogP contribution in [-0.4, -0.2) is 6.61 Å². The molecule has 2 heteroatoms. The zero-order valence-corrected chi connectivity index (χ0v) is 13.6. The van der Waals surface area contributed by atoms with E-state index in [1.54, 1.807) is 0 Å². The maximum atomic E-state index is 14.5. The minimum Gasteiger partial charge on any atom is -0.490 e. The normalized spacial score (nSPS) is 19.7. The summed E-state index contributed by atoms with van der Waals surface area (Å²) in [5.41, 5.74) is 1.81. The van der Waals surface area contributed by atoms with Crippen molar-refractivity contribution in [3.63, 3.8) is 0 Å². The molecular weight excluding hydrogens is 275 g/mol. The quantitative estimate of drug-likeness (QED) is 0.621. The minimum atomic E-state index is -0.174. The fourth-order valence-corrected chi connectivity index (χ4v) is 3.44. The summed E-state index contributed by atoms with van der Waals surface area (Å²) in [6.45, 7) is 2.53. The van der Waals surface area contributed by atoms with Crippen molar-refractivity contribution in [2.75, 3.05) is 6.61 Å². The molecule has 2 fully saturated rings. The second-order valence-corrected chi connectivity index (χ2v) is 6.95. The molecule has 1 aromatic carbocycles. The van der Waals surface area contributed by atoms with Crippen LogP contribution in [0.2, 0.25) is 0 Å². The van der Waals surface area contributed by atoms with Crippen LogP contribution < -0.4 is 4.74 Å². The Kier molecular flexibility index (Phi) is 5.17. The van der Waals surface area contributed by atoms with Crippen LogP contribution in [0.25, 0.3) is 0 Å². The van der Waals surface area contributed by atoms with Gasteiger partial charge in [0.15, 0.2) is 11.6 Å². The van der Waals surface area contributed by atoms with Crippen LogP contribution in [0.15, 0.2) is 24.3 Å². The number of allylic oxidation sites excluding steroid dienone is 2. The number of ether oxygens (including phenoxy) is 1. The molecule has 0 amide bonds. The third-order valence-corrected chi connectivity index (χ3v) is 5.31. The first-order valence-corrected chi connectivity index (χ1v) is 8.81. The topological polar surface area (TPSA) is 9.23 Å². The molecule has 0 bridgehead atoms. The van der Waals surface area contributed by atoms with Gasteiger partial charge in [0.1, 0.15) is 0 Å². The molecule has 1 nitrogen and oxygen atoms in total. The van der Waals surface area contributed by atoms with Gasteiger partial charge in [0.25, 0.3) is 0 Å². The van der Waals surface area contributed by atoms with E-state index in [-0.39, 0.29) is 5.82 Å². The highest BCUT2D eigenvalue weighted by atomic mass is 19.1. The highest BCUT2D eigenvalue weighted by Crippen LogP contribution is 2.29. The first-order valence-electron chi connectivity index (χ1n) is 8.81. The first kappa shape index (κ1) is 15.6. The van der Waals surface area contributed by atoms with E-state index in [1.807, 2.05) is 19.1 Å². The van der Waals surface area contributed by atoms with Crippen molar-refractivity contribution >= 4 is 0 Å². The zero-order chi connectivity index (χ0) is 15.4. The van der Waals surface area contributed by atoms with E-state index < -0.39 is 0 Å². The summed E-state index contributed by atoms with van der Waals surface area (Å²) in [6.07, 6.45) is 14.3. The van der Waals surface area contributed by atoms with Gasteiger partial charge in [-0.3, -0.25) is 0 Å². The van der Waals surface area contributed by atoms with Crippen LogP contribution in [-0.2, 0) is 6.42 Å². The summed E-state index contributed by atoms with van der Waals surface area (Å²) in [7, 11) is 0. The van der Waals surface area contributed by atoms with Crippen molar-refractivity contribution in [1.29, 1.82) is 0 Å². The summed E-state index contributed by atoms with van der Waals surface area (Å²) >= 11 is 0. The molecule has 0 aromatic heterocycles. The van der Waals surface area contributed by atoms with E-state index in [9.17, 15) is 4.39 Å².